The van der Waals surface area contributed by atoms with Gasteiger partial charge < -0.3 is 14.8 Å². The normalized spacial score (nSPS) is 14.8. The van der Waals surface area contributed by atoms with Crippen molar-refractivity contribution in [3.8, 4) is 11.5 Å². The van der Waals surface area contributed by atoms with Gasteiger partial charge in [-0.15, -0.1) is 0 Å². The van der Waals surface area contributed by atoms with E-state index in [4.69, 9.17) is 9.47 Å². The second kappa shape index (κ2) is 9.38. The molecule has 0 aromatic heterocycles. The van der Waals surface area contributed by atoms with Crippen LogP contribution in [0.15, 0.2) is 41.3 Å². The molecular weight excluding hydrogens is 404 g/mol. The van der Waals surface area contributed by atoms with E-state index in [2.05, 4.69) is 10.0 Å². The van der Waals surface area contributed by atoms with E-state index >= 15 is 0 Å². The van der Waals surface area contributed by atoms with Crippen LogP contribution in [0.3, 0.4) is 0 Å². The van der Waals surface area contributed by atoms with Gasteiger partial charge in [0.05, 0.1) is 24.8 Å². The summed E-state index contributed by atoms with van der Waals surface area (Å²) < 4.78 is 39.0. The number of hydrogen-bond donors (Lipinski definition) is 2. The smallest absolute Gasteiger partial charge is 0.262 e. The van der Waals surface area contributed by atoms with Crippen LogP contribution in [0.2, 0.25) is 0 Å². The molecule has 1 aliphatic carbocycles. The lowest BCUT2D eigenvalue weighted by Crippen LogP contribution is -2.36. The summed E-state index contributed by atoms with van der Waals surface area (Å²) in [6.45, 7) is 1.80. The molecule has 0 saturated heterocycles. The molecule has 1 saturated carbocycles. The van der Waals surface area contributed by atoms with E-state index < -0.39 is 10.0 Å². The molecule has 2 N–H and O–H groups in total. The van der Waals surface area contributed by atoms with Gasteiger partial charge in [-0.1, -0.05) is 25.3 Å². The maximum atomic E-state index is 13.0. The molecule has 2 aromatic carbocycles. The van der Waals surface area contributed by atoms with Crippen LogP contribution in [0, 0.1) is 6.92 Å². The van der Waals surface area contributed by atoms with Gasteiger partial charge in [0.15, 0.2) is 0 Å². The summed E-state index contributed by atoms with van der Waals surface area (Å²) in [5.41, 5.74) is 1.34. The maximum Gasteiger partial charge on any atom is 0.262 e. The Balaban J connectivity index is 1.86. The predicted molar refractivity (Wildman–Crippen MR) is 116 cm³/mol. The zero-order chi connectivity index (χ0) is 21.7. The molecule has 0 spiro atoms. The fraction of sp³-hybridized carbons (Fsp3) is 0.409. The maximum absolute atomic E-state index is 13.0. The molecule has 2 aromatic rings. The van der Waals surface area contributed by atoms with Crippen LogP contribution in [-0.2, 0) is 10.0 Å². The SMILES string of the molecule is COc1ccc(OC)c(NS(=O)(=O)c2ccc(C)c(C(=O)NC3CCCCC3)c2)c1. The minimum absolute atomic E-state index is 0.00627. The summed E-state index contributed by atoms with van der Waals surface area (Å²) in [6.07, 6.45) is 5.31. The molecule has 1 fully saturated rings. The molecule has 1 aliphatic rings. The van der Waals surface area contributed by atoms with Crippen molar-refractivity contribution < 1.29 is 22.7 Å². The summed E-state index contributed by atoms with van der Waals surface area (Å²) in [5.74, 6) is 0.613. The van der Waals surface area contributed by atoms with Crippen LogP contribution in [-0.4, -0.2) is 34.6 Å². The van der Waals surface area contributed by atoms with Crippen LogP contribution in [0.25, 0.3) is 0 Å². The number of aryl methyl sites for hydroxylation is 1. The fourth-order valence-electron chi connectivity index (χ4n) is 3.62. The number of sulfonamides is 1. The summed E-state index contributed by atoms with van der Waals surface area (Å²) in [7, 11) is -0.988. The summed E-state index contributed by atoms with van der Waals surface area (Å²) in [4.78, 5) is 12.8. The lowest BCUT2D eigenvalue weighted by molar-refractivity contribution is 0.0927. The first-order valence-corrected chi connectivity index (χ1v) is 11.5. The van der Waals surface area contributed by atoms with Gasteiger partial charge in [0.1, 0.15) is 11.5 Å². The van der Waals surface area contributed by atoms with Gasteiger partial charge in [-0.2, -0.15) is 0 Å². The molecule has 8 heteroatoms. The number of carbonyl (C=O) groups excluding carboxylic acids is 1. The van der Waals surface area contributed by atoms with Crippen LogP contribution in [0.1, 0.15) is 48.0 Å². The highest BCUT2D eigenvalue weighted by molar-refractivity contribution is 7.92. The third-order valence-corrected chi connectivity index (χ3v) is 6.72. The number of anilines is 1. The molecule has 0 atom stereocenters. The van der Waals surface area contributed by atoms with Crippen molar-refractivity contribution in [1.29, 1.82) is 0 Å². The largest absolute Gasteiger partial charge is 0.497 e. The Morgan fingerprint density at radius 2 is 1.73 bits per heavy atom. The van der Waals surface area contributed by atoms with Gasteiger partial charge in [0.25, 0.3) is 15.9 Å². The van der Waals surface area contributed by atoms with Gasteiger partial charge in [0, 0.05) is 17.7 Å². The molecule has 162 valence electrons. The van der Waals surface area contributed by atoms with Crippen LogP contribution in [0.5, 0.6) is 11.5 Å². The Morgan fingerprint density at radius 3 is 2.40 bits per heavy atom. The number of hydrogen-bond acceptors (Lipinski definition) is 5. The Bertz CT molecular complexity index is 1010. The lowest BCUT2D eigenvalue weighted by atomic mass is 9.95. The molecule has 7 nitrogen and oxygen atoms in total. The average molecular weight is 433 g/mol. The van der Waals surface area contributed by atoms with E-state index in [0.717, 1.165) is 31.2 Å². The molecule has 0 radical (unpaired) electrons. The monoisotopic (exact) mass is 432 g/mol. The van der Waals surface area contributed by atoms with Gasteiger partial charge in [-0.3, -0.25) is 9.52 Å². The zero-order valence-electron chi connectivity index (χ0n) is 17.5. The van der Waals surface area contributed by atoms with E-state index in [-0.39, 0.29) is 22.5 Å². The van der Waals surface area contributed by atoms with Crippen molar-refractivity contribution in [3.05, 3.63) is 47.5 Å². The first-order valence-electron chi connectivity index (χ1n) is 10.0. The molecule has 3 rings (SSSR count). The Morgan fingerprint density at radius 1 is 1.00 bits per heavy atom. The number of nitrogens with one attached hydrogen (secondary N) is 2. The fourth-order valence-corrected chi connectivity index (χ4v) is 4.71. The third kappa shape index (κ3) is 5.05. The second-order valence-corrected chi connectivity index (χ2v) is 9.14. The van der Waals surface area contributed by atoms with Crippen LogP contribution < -0.4 is 19.5 Å². The minimum atomic E-state index is -3.94. The van der Waals surface area contributed by atoms with Crippen LogP contribution >= 0.6 is 0 Å². The minimum Gasteiger partial charge on any atom is -0.497 e. The van der Waals surface area contributed by atoms with E-state index in [1.165, 1.54) is 32.8 Å². The van der Waals surface area contributed by atoms with Gasteiger partial charge >= 0.3 is 0 Å². The Hall–Kier alpha value is -2.74. The molecular formula is C22H28N2O5S. The average Bonchev–Trinajstić information content (AvgIpc) is 2.74. The standard InChI is InChI=1S/C22H28N2O5S/c1-15-9-11-18(14-19(15)22(25)23-16-7-5-4-6-8-16)30(26,27)24-20-13-17(28-2)10-12-21(20)29-3/h9-14,16,24H,4-8H2,1-3H3,(H,23,25). The first kappa shape index (κ1) is 22.0. The summed E-state index contributed by atoms with van der Waals surface area (Å²) in [5, 5.41) is 3.05. The van der Waals surface area contributed by atoms with E-state index in [9.17, 15) is 13.2 Å². The molecule has 0 bridgehead atoms. The van der Waals surface area contributed by atoms with Crippen molar-refractivity contribution >= 4 is 21.6 Å². The van der Waals surface area contributed by atoms with Crippen molar-refractivity contribution in [3.63, 3.8) is 0 Å². The topological polar surface area (TPSA) is 93.7 Å². The van der Waals surface area contributed by atoms with Gasteiger partial charge in [-0.05, 0) is 49.6 Å². The molecule has 0 heterocycles. The number of amides is 1. The van der Waals surface area contributed by atoms with E-state index in [1.807, 2.05) is 0 Å². The van der Waals surface area contributed by atoms with Gasteiger partial charge in [-0.25, -0.2) is 8.42 Å². The number of benzene rings is 2. The molecule has 0 aliphatic heterocycles. The predicted octanol–water partition coefficient (Wildman–Crippen LogP) is 3.88. The molecule has 0 unspecified atom stereocenters. The van der Waals surface area contributed by atoms with Gasteiger partial charge in [0.2, 0.25) is 0 Å². The summed E-state index contributed by atoms with van der Waals surface area (Å²) >= 11 is 0. The van der Waals surface area contributed by atoms with E-state index in [0.29, 0.717) is 17.1 Å². The second-order valence-electron chi connectivity index (χ2n) is 7.46. The summed E-state index contributed by atoms with van der Waals surface area (Å²) in [6, 6.07) is 9.54. The Kier molecular flexibility index (Phi) is 6.87. The first-order chi connectivity index (χ1) is 14.3. The zero-order valence-corrected chi connectivity index (χ0v) is 18.3. The van der Waals surface area contributed by atoms with Crippen LogP contribution in [0.4, 0.5) is 5.69 Å². The van der Waals surface area contributed by atoms with E-state index in [1.54, 1.807) is 31.2 Å². The van der Waals surface area contributed by atoms with Crippen molar-refractivity contribution in [1.82, 2.24) is 5.32 Å². The lowest BCUT2D eigenvalue weighted by Gasteiger charge is -2.23. The van der Waals surface area contributed by atoms with Crippen molar-refractivity contribution in [2.75, 3.05) is 18.9 Å². The molecule has 1 amide bonds. The quantitative estimate of drug-likeness (QED) is 0.693. The highest BCUT2D eigenvalue weighted by Gasteiger charge is 2.22. The number of rotatable bonds is 7. The number of carbonyl (C=O) groups is 1. The molecule has 30 heavy (non-hydrogen) atoms. The highest BCUT2D eigenvalue weighted by atomic mass is 32.2. The number of methoxy groups -OCH3 is 2. The van der Waals surface area contributed by atoms with Crippen molar-refractivity contribution in [2.45, 2.75) is 50.0 Å². The van der Waals surface area contributed by atoms with Crippen molar-refractivity contribution in [2.24, 2.45) is 0 Å². The number of ether oxygens (including phenoxy) is 2. The highest BCUT2D eigenvalue weighted by Crippen LogP contribution is 2.31. The Labute approximate surface area is 177 Å². The third-order valence-electron chi connectivity index (χ3n) is 5.36.